The van der Waals surface area contributed by atoms with Gasteiger partial charge in [0.25, 0.3) is 0 Å². The van der Waals surface area contributed by atoms with Crippen LogP contribution in [0.4, 0.5) is 5.69 Å². The molecule has 0 radical (unpaired) electrons. The van der Waals surface area contributed by atoms with Gasteiger partial charge in [0.1, 0.15) is 17.0 Å². The molecule has 170 valence electrons. The number of nitrogens with zero attached hydrogens (tertiary/aromatic N) is 3. The van der Waals surface area contributed by atoms with Crippen molar-refractivity contribution in [2.45, 2.75) is 12.1 Å². The Kier molecular flexibility index (Phi) is 6.57. The molecule has 2 heterocycles. The lowest BCUT2D eigenvalue weighted by molar-refractivity contribution is -0.113. The predicted octanol–water partition coefficient (Wildman–Crippen LogP) is 3.94. The van der Waals surface area contributed by atoms with E-state index in [2.05, 4.69) is 20.5 Å². The first-order chi connectivity index (χ1) is 15.9. The third kappa shape index (κ3) is 4.53. The lowest BCUT2D eigenvalue weighted by Gasteiger charge is -2.15. The Morgan fingerprint density at radius 3 is 2.76 bits per heavy atom. The van der Waals surface area contributed by atoms with Crippen LogP contribution in [0.15, 0.2) is 47.6 Å². The van der Waals surface area contributed by atoms with E-state index in [0.29, 0.717) is 44.1 Å². The van der Waals surface area contributed by atoms with E-state index in [9.17, 15) is 4.79 Å². The average Bonchev–Trinajstić information content (AvgIpc) is 3.19. The van der Waals surface area contributed by atoms with Crippen molar-refractivity contribution in [3.8, 4) is 17.2 Å². The van der Waals surface area contributed by atoms with Gasteiger partial charge in [-0.15, -0.1) is 0 Å². The van der Waals surface area contributed by atoms with Gasteiger partial charge in [-0.25, -0.2) is 4.98 Å². The Balaban J connectivity index is 1.65. The van der Waals surface area contributed by atoms with E-state index in [0.717, 1.165) is 5.69 Å². The highest BCUT2D eigenvalue weighted by molar-refractivity contribution is 7.99. The number of rotatable bonds is 7. The summed E-state index contributed by atoms with van der Waals surface area (Å²) in [7, 11) is 3.08. The van der Waals surface area contributed by atoms with Gasteiger partial charge in [0.15, 0.2) is 10.8 Å². The molecule has 4 aromatic rings. The van der Waals surface area contributed by atoms with Crippen LogP contribution in [-0.4, -0.2) is 45.6 Å². The number of ether oxygens (including phenoxy) is 2. The summed E-state index contributed by atoms with van der Waals surface area (Å²) in [5.74, 6) is 0.885. The van der Waals surface area contributed by atoms with E-state index in [1.54, 1.807) is 42.0 Å². The summed E-state index contributed by atoms with van der Waals surface area (Å²) in [5, 5.41) is 20.2. The molecule has 2 aromatic carbocycles. The van der Waals surface area contributed by atoms with Crippen LogP contribution in [0, 0.1) is 12.3 Å². The van der Waals surface area contributed by atoms with Gasteiger partial charge in [-0.1, -0.05) is 35.5 Å². The number of fused-ring (bicyclic) bond motifs is 1. The number of aromatic amines is 1. The second kappa shape index (κ2) is 9.55. The molecule has 11 heteroatoms. The third-order valence-electron chi connectivity index (χ3n) is 4.89. The molecule has 0 unspecified atom stereocenters. The molecular formula is C22H21ClN6O3S. The van der Waals surface area contributed by atoms with E-state index in [1.807, 2.05) is 19.1 Å². The number of H-pyrrole nitrogens is 1. The van der Waals surface area contributed by atoms with Gasteiger partial charge >= 0.3 is 0 Å². The topological polar surface area (TPSA) is 118 Å². The van der Waals surface area contributed by atoms with Crippen molar-refractivity contribution in [1.29, 1.82) is 5.41 Å². The number of benzene rings is 2. The zero-order chi connectivity index (χ0) is 23.5. The molecule has 0 fully saturated rings. The van der Waals surface area contributed by atoms with Gasteiger partial charge in [-0.2, -0.15) is 5.10 Å². The fourth-order valence-corrected chi connectivity index (χ4v) is 4.32. The predicted molar refractivity (Wildman–Crippen MR) is 128 cm³/mol. The smallest absolute Gasteiger partial charge is 0.234 e. The van der Waals surface area contributed by atoms with Crippen LogP contribution in [0.1, 0.15) is 5.69 Å². The number of para-hydroxylation sites is 1. The fourth-order valence-electron chi connectivity index (χ4n) is 3.30. The maximum atomic E-state index is 12.7. The van der Waals surface area contributed by atoms with Gasteiger partial charge in [-0.3, -0.25) is 19.9 Å². The Bertz CT molecular complexity index is 1400. The van der Waals surface area contributed by atoms with E-state index >= 15 is 0 Å². The summed E-state index contributed by atoms with van der Waals surface area (Å²) in [6.07, 6.45) is 0. The van der Waals surface area contributed by atoms with E-state index in [1.165, 1.54) is 18.9 Å². The number of carbonyl (C=O) groups is 1. The highest BCUT2D eigenvalue weighted by atomic mass is 35.5. The number of halogens is 1. The highest BCUT2D eigenvalue weighted by Gasteiger charge is 2.18. The largest absolute Gasteiger partial charge is 0.497 e. The van der Waals surface area contributed by atoms with Gasteiger partial charge < -0.3 is 14.8 Å². The molecule has 9 nitrogen and oxygen atoms in total. The minimum absolute atomic E-state index is 0.0426. The van der Waals surface area contributed by atoms with Crippen molar-refractivity contribution >= 4 is 46.0 Å². The number of methoxy groups -OCH3 is 2. The average molecular weight is 485 g/mol. The Hall–Kier alpha value is -3.50. The van der Waals surface area contributed by atoms with E-state index in [4.69, 9.17) is 26.5 Å². The summed E-state index contributed by atoms with van der Waals surface area (Å²) < 4.78 is 12.2. The van der Waals surface area contributed by atoms with E-state index < -0.39 is 0 Å². The minimum Gasteiger partial charge on any atom is -0.497 e. The molecule has 1 amide bonds. The zero-order valence-electron chi connectivity index (χ0n) is 18.1. The quantitative estimate of drug-likeness (QED) is 0.270. The van der Waals surface area contributed by atoms with Crippen molar-refractivity contribution in [2.24, 2.45) is 0 Å². The van der Waals surface area contributed by atoms with Crippen LogP contribution < -0.4 is 20.3 Å². The van der Waals surface area contributed by atoms with Crippen LogP contribution >= 0.6 is 23.4 Å². The van der Waals surface area contributed by atoms with Crippen molar-refractivity contribution in [1.82, 2.24) is 19.7 Å². The van der Waals surface area contributed by atoms with Crippen molar-refractivity contribution in [2.75, 3.05) is 25.3 Å². The normalized spacial score (nSPS) is 10.9. The lowest BCUT2D eigenvalue weighted by Crippen LogP contribution is -2.23. The van der Waals surface area contributed by atoms with Gasteiger partial charge in [-0.05, 0) is 31.2 Å². The molecule has 0 saturated heterocycles. The molecular weight excluding hydrogens is 464 g/mol. The van der Waals surface area contributed by atoms with Crippen LogP contribution in [-0.2, 0) is 4.79 Å². The molecule has 0 bridgehead atoms. The number of aromatic nitrogens is 4. The number of anilines is 1. The number of aryl methyl sites for hydroxylation is 1. The van der Waals surface area contributed by atoms with E-state index in [-0.39, 0.29) is 17.1 Å². The Morgan fingerprint density at radius 1 is 1.24 bits per heavy atom. The molecule has 33 heavy (non-hydrogen) atoms. The number of nitrogens with one attached hydrogen (secondary N) is 3. The fraction of sp³-hybridized carbons (Fsp3) is 0.182. The molecule has 0 aliphatic heterocycles. The van der Waals surface area contributed by atoms with Crippen LogP contribution in [0.2, 0.25) is 5.02 Å². The Morgan fingerprint density at radius 2 is 2.03 bits per heavy atom. The number of amides is 1. The highest BCUT2D eigenvalue weighted by Crippen LogP contribution is 2.30. The third-order valence-corrected chi connectivity index (χ3v) is 6.15. The first-order valence-electron chi connectivity index (χ1n) is 9.84. The SMILES string of the molecule is COc1ccc(NC(=O)CSc2nc3n[nH]c(C)c3c(=N)n2-c2ccccc2Cl)c(OC)c1. The van der Waals surface area contributed by atoms with Crippen LogP contribution in [0.3, 0.4) is 0 Å². The molecule has 2 aromatic heterocycles. The van der Waals surface area contributed by atoms with Gasteiger partial charge in [0.05, 0.1) is 41.8 Å². The van der Waals surface area contributed by atoms with Gasteiger partial charge in [0.2, 0.25) is 5.91 Å². The second-order valence-electron chi connectivity index (χ2n) is 6.98. The molecule has 0 saturated carbocycles. The minimum atomic E-state index is -0.263. The molecule has 0 aliphatic rings. The summed E-state index contributed by atoms with van der Waals surface area (Å²) in [6.45, 7) is 1.83. The van der Waals surface area contributed by atoms with Crippen molar-refractivity contribution < 1.29 is 14.3 Å². The summed E-state index contributed by atoms with van der Waals surface area (Å²) in [5.41, 5.74) is 2.43. The first-order valence-corrected chi connectivity index (χ1v) is 11.2. The molecule has 0 spiro atoms. The van der Waals surface area contributed by atoms with Crippen LogP contribution in [0.25, 0.3) is 16.7 Å². The maximum Gasteiger partial charge on any atom is 0.234 e. The molecule has 4 rings (SSSR count). The van der Waals surface area contributed by atoms with Crippen molar-refractivity contribution in [3.05, 3.63) is 58.7 Å². The number of hydrogen-bond donors (Lipinski definition) is 3. The van der Waals surface area contributed by atoms with Gasteiger partial charge in [0, 0.05) is 11.8 Å². The monoisotopic (exact) mass is 484 g/mol. The summed E-state index contributed by atoms with van der Waals surface area (Å²) in [4.78, 5) is 17.3. The van der Waals surface area contributed by atoms with Crippen LogP contribution in [0.5, 0.6) is 11.5 Å². The first kappa shape index (κ1) is 22.7. The zero-order valence-corrected chi connectivity index (χ0v) is 19.7. The Labute approximate surface area is 198 Å². The van der Waals surface area contributed by atoms with Crippen molar-refractivity contribution in [3.63, 3.8) is 0 Å². The molecule has 0 aliphatic carbocycles. The number of hydrogen-bond acceptors (Lipinski definition) is 7. The summed E-state index contributed by atoms with van der Waals surface area (Å²) in [6, 6.07) is 12.3. The summed E-state index contributed by atoms with van der Waals surface area (Å²) >= 11 is 7.61. The number of carbonyl (C=O) groups excluding carboxylic acids is 1. The lowest BCUT2D eigenvalue weighted by atomic mass is 10.2. The molecule has 3 N–H and O–H groups in total. The molecule has 0 atom stereocenters. The number of thioether (sulfide) groups is 1. The standard InChI is InChI=1S/C22H21ClN6O3S/c1-12-19-20(24)29(16-7-5-4-6-14(16)23)22(26-21(19)28-27-12)33-11-18(30)25-15-9-8-13(31-2)10-17(15)32-3/h4-10,24H,11H2,1-3H3,(H,25,30)(H,27,28). The second-order valence-corrected chi connectivity index (χ2v) is 8.33. The maximum absolute atomic E-state index is 12.7.